The number of H-pyrrole nitrogens is 1. The monoisotopic (exact) mass is 166 g/mol. The minimum atomic E-state index is 0.712. The van der Waals surface area contributed by atoms with E-state index in [0.717, 1.165) is 18.2 Å². The second kappa shape index (κ2) is 3.23. The highest BCUT2D eigenvalue weighted by Crippen LogP contribution is 2.17. The Balaban J connectivity index is 1.79. The van der Waals surface area contributed by atoms with Gasteiger partial charge in [0, 0.05) is 6.04 Å². The molecule has 0 spiro atoms. The predicted octanol–water partition coefficient (Wildman–Crippen LogP) is 0.755. The Morgan fingerprint density at radius 1 is 1.58 bits per heavy atom. The molecule has 1 aliphatic rings. The molecule has 1 fully saturated rings. The van der Waals surface area contributed by atoms with Crippen molar-refractivity contribution in [1.29, 1.82) is 0 Å². The average molecular weight is 166 g/mol. The maximum absolute atomic E-state index is 4.21. The fourth-order valence-electron chi connectivity index (χ4n) is 1.32. The van der Waals surface area contributed by atoms with Crippen LogP contribution in [0.15, 0.2) is 0 Å². The van der Waals surface area contributed by atoms with Crippen LogP contribution in [0.2, 0.25) is 0 Å². The van der Waals surface area contributed by atoms with Crippen LogP contribution in [0.3, 0.4) is 0 Å². The first-order valence-corrected chi connectivity index (χ1v) is 4.46. The molecule has 0 amide bonds. The zero-order chi connectivity index (χ0) is 8.39. The number of aromatic amines is 1. The molecule has 4 heteroatoms. The van der Waals surface area contributed by atoms with E-state index < -0.39 is 0 Å². The Kier molecular flexibility index (Phi) is 2.08. The van der Waals surface area contributed by atoms with E-state index in [1.165, 1.54) is 19.3 Å². The summed E-state index contributed by atoms with van der Waals surface area (Å²) in [6.07, 6.45) is 3.98. The van der Waals surface area contributed by atoms with Gasteiger partial charge in [-0.2, -0.15) is 5.10 Å². The van der Waals surface area contributed by atoms with Crippen LogP contribution in [0, 0.1) is 6.92 Å². The van der Waals surface area contributed by atoms with Gasteiger partial charge < -0.3 is 5.32 Å². The fourth-order valence-corrected chi connectivity index (χ4v) is 1.32. The van der Waals surface area contributed by atoms with Crippen molar-refractivity contribution in [1.82, 2.24) is 20.5 Å². The van der Waals surface area contributed by atoms with Crippen molar-refractivity contribution in [3.63, 3.8) is 0 Å². The van der Waals surface area contributed by atoms with Crippen LogP contribution in [0.5, 0.6) is 0 Å². The maximum Gasteiger partial charge on any atom is 0.164 e. The third kappa shape index (κ3) is 1.64. The van der Waals surface area contributed by atoms with Gasteiger partial charge in [0.15, 0.2) is 5.82 Å². The largest absolute Gasteiger partial charge is 0.307 e. The molecule has 66 valence electrons. The molecule has 0 radical (unpaired) electrons. The number of aryl methyl sites for hydroxylation is 1. The van der Waals surface area contributed by atoms with Gasteiger partial charge in [-0.15, -0.1) is 0 Å². The summed E-state index contributed by atoms with van der Waals surface area (Å²) >= 11 is 0. The SMILES string of the molecule is Cc1nc(CNC2CCC2)n[nH]1. The second-order valence-corrected chi connectivity index (χ2v) is 3.35. The number of nitrogens with one attached hydrogen (secondary N) is 2. The smallest absolute Gasteiger partial charge is 0.164 e. The molecule has 1 saturated carbocycles. The van der Waals surface area contributed by atoms with Crippen LogP contribution in [-0.4, -0.2) is 21.2 Å². The Morgan fingerprint density at radius 2 is 2.42 bits per heavy atom. The van der Waals surface area contributed by atoms with E-state index in [9.17, 15) is 0 Å². The van der Waals surface area contributed by atoms with Gasteiger partial charge in [-0.05, 0) is 19.8 Å². The third-order valence-corrected chi connectivity index (χ3v) is 2.30. The summed E-state index contributed by atoms with van der Waals surface area (Å²) in [7, 11) is 0. The summed E-state index contributed by atoms with van der Waals surface area (Å²) in [5.74, 6) is 1.76. The molecule has 0 aromatic carbocycles. The first-order chi connectivity index (χ1) is 5.84. The first kappa shape index (κ1) is 7.73. The third-order valence-electron chi connectivity index (χ3n) is 2.30. The highest BCUT2D eigenvalue weighted by molar-refractivity contribution is 4.88. The van der Waals surface area contributed by atoms with Gasteiger partial charge in [0.25, 0.3) is 0 Å². The Morgan fingerprint density at radius 3 is 2.92 bits per heavy atom. The van der Waals surface area contributed by atoms with E-state index in [1.807, 2.05) is 6.92 Å². The molecule has 4 nitrogen and oxygen atoms in total. The second-order valence-electron chi connectivity index (χ2n) is 3.35. The zero-order valence-corrected chi connectivity index (χ0v) is 7.30. The van der Waals surface area contributed by atoms with Crippen LogP contribution in [0.25, 0.3) is 0 Å². The van der Waals surface area contributed by atoms with Crippen LogP contribution >= 0.6 is 0 Å². The van der Waals surface area contributed by atoms with E-state index >= 15 is 0 Å². The van der Waals surface area contributed by atoms with E-state index in [1.54, 1.807) is 0 Å². The highest BCUT2D eigenvalue weighted by Gasteiger charge is 2.16. The van der Waals surface area contributed by atoms with Gasteiger partial charge in [0.05, 0.1) is 6.54 Å². The molecule has 2 N–H and O–H groups in total. The van der Waals surface area contributed by atoms with Crippen molar-refractivity contribution in [3.8, 4) is 0 Å². The average Bonchev–Trinajstić information content (AvgIpc) is 2.32. The zero-order valence-electron chi connectivity index (χ0n) is 7.30. The molecule has 2 rings (SSSR count). The highest BCUT2D eigenvalue weighted by atomic mass is 15.2. The molecule has 12 heavy (non-hydrogen) atoms. The van der Waals surface area contributed by atoms with Crippen molar-refractivity contribution < 1.29 is 0 Å². The van der Waals surface area contributed by atoms with Gasteiger partial charge in [-0.3, -0.25) is 5.10 Å². The van der Waals surface area contributed by atoms with Gasteiger partial charge in [-0.1, -0.05) is 6.42 Å². The maximum atomic E-state index is 4.21. The standard InChI is InChI=1S/C8H14N4/c1-6-10-8(12-11-6)5-9-7-3-2-4-7/h7,9H,2-5H2,1H3,(H,10,11,12). The topological polar surface area (TPSA) is 53.6 Å². The predicted molar refractivity (Wildman–Crippen MR) is 45.6 cm³/mol. The summed E-state index contributed by atoms with van der Waals surface area (Å²) in [4.78, 5) is 4.21. The molecule has 0 saturated heterocycles. The van der Waals surface area contributed by atoms with Crippen molar-refractivity contribution in [2.75, 3.05) is 0 Å². The summed E-state index contributed by atoms with van der Waals surface area (Å²) in [6.45, 7) is 2.72. The molecule has 0 atom stereocenters. The quantitative estimate of drug-likeness (QED) is 0.697. The lowest BCUT2D eigenvalue weighted by Crippen LogP contribution is -2.34. The molecule has 1 aromatic heterocycles. The Hall–Kier alpha value is -0.900. The molecular weight excluding hydrogens is 152 g/mol. The Labute approximate surface area is 71.8 Å². The lowest BCUT2D eigenvalue weighted by atomic mass is 9.93. The van der Waals surface area contributed by atoms with E-state index in [2.05, 4.69) is 20.5 Å². The summed E-state index contributed by atoms with van der Waals surface area (Å²) in [5.41, 5.74) is 0. The van der Waals surface area contributed by atoms with Gasteiger partial charge in [0.2, 0.25) is 0 Å². The number of hydrogen-bond acceptors (Lipinski definition) is 3. The summed E-state index contributed by atoms with van der Waals surface area (Å²) < 4.78 is 0. The van der Waals surface area contributed by atoms with Crippen molar-refractivity contribution in [2.45, 2.75) is 38.8 Å². The molecule has 1 heterocycles. The lowest BCUT2D eigenvalue weighted by molar-refractivity contribution is 0.335. The fraction of sp³-hybridized carbons (Fsp3) is 0.750. The molecule has 0 aliphatic heterocycles. The van der Waals surface area contributed by atoms with Crippen molar-refractivity contribution >= 4 is 0 Å². The van der Waals surface area contributed by atoms with Crippen LogP contribution < -0.4 is 5.32 Å². The Bertz CT molecular complexity index is 251. The number of aromatic nitrogens is 3. The minimum Gasteiger partial charge on any atom is -0.307 e. The van der Waals surface area contributed by atoms with Crippen molar-refractivity contribution in [2.24, 2.45) is 0 Å². The van der Waals surface area contributed by atoms with E-state index in [-0.39, 0.29) is 0 Å². The van der Waals surface area contributed by atoms with Crippen molar-refractivity contribution in [3.05, 3.63) is 11.6 Å². The number of nitrogens with zero attached hydrogens (tertiary/aromatic N) is 2. The first-order valence-electron chi connectivity index (χ1n) is 4.46. The molecular formula is C8H14N4. The van der Waals surface area contributed by atoms with Crippen LogP contribution in [0.4, 0.5) is 0 Å². The van der Waals surface area contributed by atoms with E-state index in [0.29, 0.717) is 6.04 Å². The van der Waals surface area contributed by atoms with Crippen LogP contribution in [-0.2, 0) is 6.54 Å². The number of hydrogen-bond donors (Lipinski definition) is 2. The summed E-state index contributed by atoms with van der Waals surface area (Å²) in [6, 6.07) is 0.712. The summed E-state index contributed by atoms with van der Waals surface area (Å²) in [5, 5.41) is 10.3. The molecule has 1 aromatic rings. The van der Waals surface area contributed by atoms with Crippen LogP contribution in [0.1, 0.15) is 30.9 Å². The van der Waals surface area contributed by atoms with Gasteiger partial charge in [-0.25, -0.2) is 4.98 Å². The minimum absolute atomic E-state index is 0.712. The molecule has 0 unspecified atom stereocenters. The lowest BCUT2D eigenvalue weighted by Gasteiger charge is -2.25. The van der Waals surface area contributed by atoms with E-state index in [4.69, 9.17) is 0 Å². The normalized spacial score (nSPS) is 17.8. The molecule has 0 bridgehead atoms. The van der Waals surface area contributed by atoms with Gasteiger partial charge in [0.1, 0.15) is 5.82 Å². The number of rotatable bonds is 3. The molecule has 1 aliphatic carbocycles. The van der Waals surface area contributed by atoms with Gasteiger partial charge >= 0.3 is 0 Å².